The lowest BCUT2D eigenvalue weighted by molar-refractivity contribution is -0.123. The molecule has 30 heavy (non-hydrogen) atoms. The summed E-state index contributed by atoms with van der Waals surface area (Å²) in [5.41, 5.74) is 6.36. The van der Waals surface area contributed by atoms with Crippen LogP contribution in [0.3, 0.4) is 0 Å². The van der Waals surface area contributed by atoms with E-state index in [0.717, 1.165) is 0 Å². The largest absolute Gasteiger partial charge is 0.369 e. The molecule has 0 saturated carbocycles. The summed E-state index contributed by atoms with van der Waals surface area (Å²) in [4.78, 5) is 44.5. The molecule has 1 fully saturated rings. The molecule has 0 bridgehead atoms. The highest BCUT2D eigenvalue weighted by molar-refractivity contribution is 7.20. The Labute approximate surface area is 175 Å². The molecule has 1 aliphatic rings. The third-order valence-electron chi connectivity index (χ3n) is 5.54. The monoisotopic (exact) mass is 428 g/mol. The maximum absolute atomic E-state index is 13.5. The van der Waals surface area contributed by atoms with Crippen LogP contribution >= 0.6 is 11.3 Å². The van der Waals surface area contributed by atoms with Gasteiger partial charge in [-0.15, -0.1) is 11.3 Å². The second kappa shape index (κ2) is 7.98. The fourth-order valence-electron chi connectivity index (χ4n) is 3.82. The highest BCUT2D eigenvalue weighted by atomic mass is 32.1. The molecule has 3 heterocycles. The van der Waals surface area contributed by atoms with Crippen molar-refractivity contribution in [3.05, 3.63) is 62.8 Å². The Balaban J connectivity index is 1.63. The Bertz CT molecular complexity index is 1190. The molecule has 2 N–H and O–H groups in total. The van der Waals surface area contributed by atoms with Crippen molar-refractivity contribution in [3.63, 3.8) is 0 Å². The first kappa shape index (κ1) is 20.2. The number of halogens is 1. The second-order valence-corrected chi connectivity index (χ2v) is 8.51. The number of rotatable bonds is 4. The quantitative estimate of drug-likeness (QED) is 0.689. The van der Waals surface area contributed by atoms with Crippen molar-refractivity contribution in [2.75, 3.05) is 13.1 Å². The number of aryl methyl sites for hydroxylation is 1. The predicted octanol–water partition coefficient (Wildman–Crippen LogP) is 2.29. The van der Waals surface area contributed by atoms with Crippen LogP contribution in [0.4, 0.5) is 4.39 Å². The lowest BCUT2D eigenvalue weighted by Gasteiger charge is -2.30. The van der Waals surface area contributed by atoms with Crippen molar-refractivity contribution in [3.8, 4) is 0 Å². The lowest BCUT2D eigenvalue weighted by atomic mass is 9.96. The number of aromatic nitrogens is 2. The van der Waals surface area contributed by atoms with Crippen LogP contribution in [-0.4, -0.2) is 39.4 Å². The van der Waals surface area contributed by atoms with E-state index >= 15 is 0 Å². The summed E-state index contributed by atoms with van der Waals surface area (Å²) in [5, 5.41) is 0.411. The first-order valence-corrected chi connectivity index (χ1v) is 10.5. The number of primary amides is 1. The molecule has 1 saturated heterocycles. The van der Waals surface area contributed by atoms with E-state index in [4.69, 9.17) is 5.73 Å². The van der Waals surface area contributed by atoms with Gasteiger partial charge in [-0.3, -0.25) is 19.0 Å². The zero-order valence-electron chi connectivity index (χ0n) is 16.4. The molecule has 0 radical (unpaired) electrons. The van der Waals surface area contributed by atoms with Crippen molar-refractivity contribution in [1.29, 1.82) is 0 Å². The van der Waals surface area contributed by atoms with Crippen molar-refractivity contribution >= 4 is 33.4 Å². The fraction of sp³-hybridized carbons (Fsp3) is 0.333. The summed E-state index contributed by atoms with van der Waals surface area (Å²) in [7, 11) is 0. The molecule has 7 nitrogen and oxygen atoms in total. The molecule has 2 aromatic heterocycles. The van der Waals surface area contributed by atoms with Gasteiger partial charge >= 0.3 is 0 Å². The molecule has 9 heteroatoms. The van der Waals surface area contributed by atoms with E-state index in [0.29, 0.717) is 52.2 Å². The number of hydrogen-bond donors (Lipinski definition) is 1. The van der Waals surface area contributed by atoms with Crippen LogP contribution in [0, 0.1) is 18.7 Å². The standard InChI is InChI=1S/C21H21FN4O3S/c1-12-16-19(24-11-26(20(16)28)10-13-3-2-4-15(22)9-13)30-17(12)21(29)25-7-5-14(6-8-25)18(23)27/h2-4,9,11,14H,5-8,10H2,1H3,(H2,23,27). The Hall–Kier alpha value is -3.07. The SMILES string of the molecule is Cc1c(C(=O)N2CCC(C(N)=O)CC2)sc2ncn(Cc3cccc(F)c3)c(=O)c12. The average molecular weight is 428 g/mol. The number of nitrogens with two attached hydrogens (primary N) is 1. The highest BCUT2D eigenvalue weighted by Crippen LogP contribution is 2.29. The first-order valence-electron chi connectivity index (χ1n) is 9.66. The maximum atomic E-state index is 13.5. The number of carbonyl (C=O) groups is 2. The first-order chi connectivity index (χ1) is 14.3. The minimum atomic E-state index is -0.366. The molecule has 0 unspecified atom stereocenters. The third kappa shape index (κ3) is 3.72. The van der Waals surface area contributed by atoms with E-state index < -0.39 is 0 Å². The summed E-state index contributed by atoms with van der Waals surface area (Å²) < 4.78 is 14.9. The predicted molar refractivity (Wildman–Crippen MR) is 112 cm³/mol. The second-order valence-electron chi connectivity index (χ2n) is 7.51. The van der Waals surface area contributed by atoms with Gasteiger partial charge in [0.25, 0.3) is 11.5 Å². The summed E-state index contributed by atoms with van der Waals surface area (Å²) in [6.07, 6.45) is 2.52. The van der Waals surface area contributed by atoms with Crippen molar-refractivity contribution in [2.24, 2.45) is 11.7 Å². The smallest absolute Gasteiger partial charge is 0.264 e. The summed E-state index contributed by atoms with van der Waals surface area (Å²) in [6.45, 7) is 2.85. The maximum Gasteiger partial charge on any atom is 0.264 e. The molecule has 0 spiro atoms. The van der Waals surface area contributed by atoms with Crippen LogP contribution in [0.2, 0.25) is 0 Å². The van der Waals surface area contributed by atoms with Crippen molar-refractivity contribution in [1.82, 2.24) is 14.5 Å². The number of fused-ring (bicyclic) bond motifs is 1. The van der Waals surface area contributed by atoms with E-state index in [9.17, 15) is 18.8 Å². The van der Waals surface area contributed by atoms with E-state index in [2.05, 4.69) is 4.98 Å². The van der Waals surface area contributed by atoms with Gasteiger partial charge in [-0.2, -0.15) is 0 Å². The van der Waals surface area contributed by atoms with Crippen LogP contribution in [0.15, 0.2) is 35.4 Å². The zero-order chi connectivity index (χ0) is 21.4. The van der Waals surface area contributed by atoms with E-state index in [-0.39, 0.29) is 35.7 Å². The Morgan fingerprint density at radius 1 is 1.30 bits per heavy atom. The molecular formula is C21H21FN4O3S. The van der Waals surface area contributed by atoms with E-state index in [1.807, 2.05) is 0 Å². The van der Waals surface area contributed by atoms with Gasteiger partial charge in [0.2, 0.25) is 5.91 Å². The molecule has 1 aromatic carbocycles. The fourth-order valence-corrected chi connectivity index (χ4v) is 4.93. The summed E-state index contributed by atoms with van der Waals surface area (Å²) >= 11 is 1.20. The number of nitrogens with zero attached hydrogens (tertiary/aromatic N) is 3. The lowest BCUT2D eigenvalue weighted by Crippen LogP contribution is -2.41. The van der Waals surface area contributed by atoms with Gasteiger partial charge in [-0.05, 0) is 43.0 Å². The third-order valence-corrected chi connectivity index (χ3v) is 6.73. The summed E-state index contributed by atoms with van der Waals surface area (Å²) in [5.74, 6) is -1.05. The van der Waals surface area contributed by atoms with Crippen molar-refractivity contribution < 1.29 is 14.0 Å². The van der Waals surface area contributed by atoms with Gasteiger partial charge in [0.15, 0.2) is 0 Å². The van der Waals surface area contributed by atoms with Gasteiger partial charge in [0.05, 0.1) is 23.1 Å². The molecular weight excluding hydrogens is 407 g/mol. The number of thiophene rings is 1. The number of likely N-dealkylation sites (tertiary alicyclic amines) is 1. The van der Waals surface area contributed by atoms with Gasteiger partial charge in [0, 0.05) is 19.0 Å². The molecule has 2 amide bonds. The number of piperidine rings is 1. The number of hydrogen-bond acceptors (Lipinski definition) is 5. The number of amides is 2. The highest BCUT2D eigenvalue weighted by Gasteiger charge is 2.29. The van der Waals surface area contributed by atoms with Gasteiger partial charge in [-0.25, -0.2) is 9.37 Å². The Kier molecular flexibility index (Phi) is 5.38. The van der Waals surface area contributed by atoms with Crippen LogP contribution in [0.1, 0.15) is 33.6 Å². The molecule has 0 atom stereocenters. The molecule has 1 aliphatic heterocycles. The summed E-state index contributed by atoms with van der Waals surface area (Å²) in [6, 6.07) is 6.06. The molecule has 3 aromatic rings. The van der Waals surface area contributed by atoms with Crippen LogP contribution in [0.25, 0.3) is 10.2 Å². The average Bonchev–Trinajstić information content (AvgIpc) is 3.07. The van der Waals surface area contributed by atoms with Crippen LogP contribution in [-0.2, 0) is 11.3 Å². The zero-order valence-corrected chi connectivity index (χ0v) is 17.2. The molecule has 4 rings (SSSR count). The van der Waals surface area contributed by atoms with Crippen LogP contribution < -0.4 is 11.3 Å². The normalized spacial score (nSPS) is 14.9. The Morgan fingerprint density at radius 3 is 2.70 bits per heavy atom. The minimum absolute atomic E-state index is 0.158. The van der Waals surface area contributed by atoms with Gasteiger partial charge in [-0.1, -0.05) is 12.1 Å². The minimum Gasteiger partial charge on any atom is -0.369 e. The van der Waals surface area contributed by atoms with E-state index in [1.54, 1.807) is 24.0 Å². The molecule has 156 valence electrons. The van der Waals surface area contributed by atoms with Crippen molar-refractivity contribution in [2.45, 2.75) is 26.3 Å². The topological polar surface area (TPSA) is 98.3 Å². The molecule has 0 aliphatic carbocycles. The van der Waals surface area contributed by atoms with Crippen LogP contribution in [0.5, 0.6) is 0 Å². The van der Waals surface area contributed by atoms with Gasteiger partial charge < -0.3 is 10.6 Å². The van der Waals surface area contributed by atoms with E-state index in [1.165, 1.54) is 34.4 Å². The Morgan fingerprint density at radius 2 is 2.03 bits per heavy atom. The number of benzene rings is 1. The van der Waals surface area contributed by atoms with Gasteiger partial charge in [0.1, 0.15) is 10.6 Å². The number of carbonyl (C=O) groups excluding carboxylic acids is 2.